The molecule has 5 rings (SSSR count). The normalized spacial score (nSPS) is 15.1. The van der Waals surface area contributed by atoms with Crippen LogP contribution in [-0.2, 0) is 6.18 Å². The lowest BCUT2D eigenvalue weighted by Crippen LogP contribution is -2.32. The Hall–Kier alpha value is -3.34. The van der Waals surface area contributed by atoms with E-state index in [1.807, 2.05) is 11.8 Å². The van der Waals surface area contributed by atoms with Crippen LogP contribution in [0.4, 0.5) is 19.0 Å². The first-order valence-corrected chi connectivity index (χ1v) is 10.7. The highest BCUT2D eigenvalue weighted by molar-refractivity contribution is 6.35. The smallest absolute Gasteiger partial charge is 0.346 e. The Bertz CT molecular complexity index is 1290. The van der Waals surface area contributed by atoms with Crippen molar-refractivity contribution < 1.29 is 13.2 Å². The summed E-state index contributed by atoms with van der Waals surface area (Å²) < 4.78 is 42.1. The molecule has 0 amide bonds. The molecule has 0 saturated heterocycles. The maximum Gasteiger partial charge on any atom is 0.416 e. The Morgan fingerprint density at radius 1 is 1.09 bits per heavy atom. The summed E-state index contributed by atoms with van der Waals surface area (Å²) in [5, 5.41) is 4.40. The van der Waals surface area contributed by atoms with Gasteiger partial charge in [-0.15, -0.1) is 0 Å². The van der Waals surface area contributed by atoms with E-state index >= 15 is 0 Å². The molecule has 170 valence electrons. The monoisotopic (exact) mass is 474 g/mol. The molecular weight excluding hydrogens is 457 g/mol. The average molecular weight is 475 g/mol. The van der Waals surface area contributed by atoms with Crippen molar-refractivity contribution in [2.75, 3.05) is 11.4 Å². The van der Waals surface area contributed by atoms with Crippen molar-refractivity contribution >= 4 is 28.3 Å². The Balaban J connectivity index is 1.64. The fraction of sp³-hybridized carbons (Fsp3) is 0.333. The molecule has 0 spiro atoms. The van der Waals surface area contributed by atoms with Gasteiger partial charge in [-0.3, -0.25) is 0 Å². The van der Waals surface area contributed by atoms with Crippen LogP contribution in [-0.4, -0.2) is 41.2 Å². The maximum absolute atomic E-state index is 13.5. The minimum Gasteiger partial charge on any atom is -0.346 e. The number of benzene rings is 1. The second-order valence-electron chi connectivity index (χ2n) is 7.90. The second kappa shape index (κ2) is 8.22. The Labute approximate surface area is 191 Å². The second-order valence-corrected chi connectivity index (χ2v) is 8.31. The van der Waals surface area contributed by atoms with Gasteiger partial charge in [-0.05, 0) is 43.9 Å². The number of fused-ring (bicyclic) bond motifs is 1. The van der Waals surface area contributed by atoms with Crippen LogP contribution >= 0.6 is 11.6 Å². The lowest BCUT2D eigenvalue weighted by molar-refractivity contribution is -0.137. The summed E-state index contributed by atoms with van der Waals surface area (Å²) in [6.07, 6.45) is 3.42. The third kappa shape index (κ3) is 4.20. The zero-order valence-electron chi connectivity index (χ0n) is 17.4. The molecule has 1 atom stereocenters. The topological polar surface area (TPSA) is 85.5 Å². The predicted molar refractivity (Wildman–Crippen MR) is 115 cm³/mol. The van der Waals surface area contributed by atoms with Crippen LogP contribution in [0.5, 0.6) is 0 Å². The number of nitrogens with zero attached hydrogens (tertiary/aromatic N) is 8. The van der Waals surface area contributed by atoms with Crippen molar-refractivity contribution in [2.24, 2.45) is 5.92 Å². The standard InChI is InChI=1S/C21H18ClF3N8/c1-12(18-30-11-31-33(18)20-26-5-2-6-27-20)32(9-13-3-4-13)19-15-7-14(21(23,24)25)8-16(22)17(15)28-10-29-19/h2,5-8,10-13H,3-4,9H2,1H3/t12-/m0/s1. The van der Waals surface area contributed by atoms with E-state index in [-0.39, 0.29) is 15.9 Å². The molecule has 1 saturated carbocycles. The van der Waals surface area contributed by atoms with Gasteiger partial charge in [0.1, 0.15) is 18.5 Å². The van der Waals surface area contributed by atoms with Crippen molar-refractivity contribution in [3.8, 4) is 5.95 Å². The molecular formula is C21H18ClF3N8. The van der Waals surface area contributed by atoms with E-state index in [1.165, 1.54) is 17.3 Å². The van der Waals surface area contributed by atoms with Crippen LogP contribution in [0.25, 0.3) is 16.9 Å². The van der Waals surface area contributed by atoms with E-state index in [4.69, 9.17) is 11.6 Å². The number of alkyl halides is 3. The molecule has 0 aliphatic heterocycles. The first-order chi connectivity index (χ1) is 15.8. The van der Waals surface area contributed by atoms with Crippen LogP contribution in [0.1, 0.15) is 37.2 Å². The lowest BCUT2D eigenvalue weighted by Gasteiger charge is -2.30. The van der Waals surface area contributed by atoms with Gasteiger partial charge in [0, 0.05) is 24.3 Å². The van der Waals surface area contributed by atoms with E-state index in [0.717, 1.165) is 25.0 Å². The molecule has 1 aliphatic carbocycles. The van der Waals surface area contributed by atoms with Gasteiger partial charge >= 0.3 is 6.18 Å². The number of anilines is 1. The summed E-state index contributed by atoms with van der Waals surface area (Å²) >= 11 is 6.20. The van der Waals surface area contributed by atoms with Crippen LogP contribution in [0.15, 0.2) is 43.2 Å². The van der Waals surface area contributed by atoms with E-state index in [0.29, 0.717) is 30.1 Å². The van der Waals surface area contributed by atoms with Gasteiger partial charge < -0.3 is 4.90 Å². The predicted octanol–water partition coefficient (Wildman–Crippen LogP) is 4.65. The fourth-order valence-electron chi connectivity index (χ4n) is 3.74. The Kier molecular flexibility index (Phi) is 5.35. The molecule has 3 heterocycles. The van der Waals surface area contributed by atoms with Gasteiger partial charge in [0.15, 0.2) is 5.82 Å². The van der Waals surface area contributed by atoms with E-state index < -0.39 is 17.8 Å². The van der Waals surface area contributed by atoms with Crippen molar-refractivity contribution in [2.45, 2.75) is 32.0 Å². The Morgan fingerprint density at radius 3 is 2.55 bits per heavy atom. The quantitative estimate of drug-likeness (QED) is 0.402. The van der Waals surface area contributed by atoms with Crippen LogP contribution in [0, 0.1) is 5.92 Å². The molecule has 1 fully saturated rings. The molecule has 12 heteroatoms. The number of hydrogen-bond acceptors (Lipinski definition) is 7. The highest BCUT2D eigenvalue weighted by Crippen LogP contribution is 2.40. The van der Waals surface area contributed by atoms with Crippen LogP contribution < -0.4 is 4.90 Å². The molecule has 0 bridgehead atoms. The fourth-order valence-corrected chi connectivity index (χ4v) is 4.01. The molecule has 3 aromatic heterocycles. The SMILES string of the molecule is C[C@@H](c1ncnn1-c1ncccn1)N(CC1CC1)c1ncnc2c(Cl)cc(C(F)(F)F)cc12. The number of halogens is 4. The zero-order valence-corrected chi connectivity index (χ0v) is 18.2. The van der Waals surface area contributed by atoms with Crippen molar-refractivity contribution in [3.63, 3.8) is 0 Å². The van der Waals surface area contributed by atoms with Crippen molar-refractivity contribution in [3.05, 3.63) is 59.7 Å². The van der Waals surface area contributed by atoms with Gasteiger partial charge in [-0.25, -0.2) is 24.9 Å². The van der Waals surface area contributed by atoms with E-state index in [9.17, 15) is 13.2 Å². The molecule has 0 unspecified atom stereocenters. The molecule has 8 nitrogen and oxygen atoms in total. The molecule has 4 aromatic rings. The lowest BCUT2D eigenvalue weighted by atomic mass is 10.1. The Morgan fingerprint density at radius 2 is 1.85 bits per heavy atom. The highest BCUT2D eigenvalue weighted by Gasteiger charge is 2.34. The van der Waals surface area contributed by atoms with E-state index in [2.05, 4.69) is 30.0 Å². The molecule has 33 heavy (non-hydrogen) atoms. The first-order valence-electron chi connectivity index (χ1n) is 10.3. The van der Waals surface area contributed by atoms with Crippen molar-refractivity contribution in [1.82, 2.24) is 34.7 Å². The zero-order chi connectivity index (χ0) is 23.2. The van der Waals surface area contributed by atoms with Gasteiger partial charge in [-0.2, -0.15) is 23.0 Å². The molecule has 1 aliphatic rings. The number of hydrogen-bond donors (Lipinski definition) is 0. The summed E-state index contributed by atoms with van der Waals surface area (Å²) in [5.74, 6) is 1.64. The minimum atomic E-state index is -4.55. The third-order valence-electron chi connectivity index (χ3n) is 5.58. The summed E-state index contributed by atoms with van der Waals surface area (Å²) in [6, 6.07) is 3.23. The molecule has 0 N–H and O–H groups in total. The molecule has 1 aromatic carbocycles. The van der Waals surface area contributed by atoms with Gasteiger partial charge in [0.25, 0.3) is 5.95 Å². The third-order valence-corrected chi connectivity index (χ3v) is 5.87. The largest absolute Gasteiger partial charge is 0.416 e. The minimum absolute atomic E-state index is 0.0802. The highest BCUT2D eigenvalue weighted by atomic mass is 35.5. The summed E-state index contributed by atoms with van der Waals surface area (Å²) in [5.41, 5.74) is -0.591. The molecule has 0 radical (unpaired) electrons. The first kappa shape index (κ1) is 21.5. The summed E-state index contributed by atoms with van der Waals surface area (Å²) in [4.78, 5) is 23.3. The average Bonchev–Trinajstić information content (AvgIpc) is 3.49. The van der Waals surface area contributed by atoms with Crippen LogP contribution in [0.2, 0.25) is 5.02 Å². The number of rotatable bonds is 6. The summed E-state index contributed by atoms with van der Waals surface area (Å²) in [6.45, 7) is 2.48. The summed E-state index contributed by atoms with van der Waals surface area (Å²) in [7, 11) is 0. The van der Waals surface area contributed by atoms with Gasteiger partial charge in [0.05, 0.1) is 22.1 Å². The van der Waals surface area contributed by atoms with Gasteiger partial charge in [0.2, 0.25) is 0 Å². The van der Waals surface area contributed by atoms with E-state index in [1.54, 1.807) is 18.5 Å². The van der Waals surface area contributed by atoms with Crippen LogP contribution in [0.3, 0.4) is 0 Å². The number of aromatic nitrogens is 7. The maximum atomic E-state index is 13.5. The van der Waals surface area contributed by atoms with Crippen molar-refractivity contribution in [1.29, 1.82) is 0 Å². The van der Waals surface area contributed by atoms with Gasteiger partial charge in [-0.1, -0.05) is 11.6 Å².